The molecule has 0 aliphatic carbocycles. The second-order valence-corrected chi connectivity index (χ2v) is 3.84. The quantitative estimate of drug-likeness (QED) is 0.581. The van der Waals surface area contributed by atoms with Crippen molar-refractivity contribution in [1.29, 1.82) is 0 Å². The SMILES string of the molecule is N[S@](=O)CC1CCNCC1. The predicted molar refractivity (Wildman–Crippen MR) is 42.8 cm³/mol. The first-order valence-electron chi connectivity index (χ1n) is 3.62. The van der Waals surface area contributed by atoms with Gasteiger partial charge in [0.1, 0.15) is 0 Å². The van der Waals surface area contributed by atoms with E-state index in [1.807, 2.05) is 0 Å². The maximum atomic E-state index is 10.6. The molecule has 4 heteroatoms. The zero-order valence-corrected chi connectivity index (χ0v) is 6.82. The van der Waals surface area contributed by atoms with E-state index in [0.717, 1.165) is 25.9 Å². The van der Waals surface area contributed by atoms with Gasteiger partial charge in [-0.3, -0.25) is 5.14 Å². The van der Waals surface area contributed by atoms with Gasteiger partial charge in [-0.2, -0.15) is 0 Å². The fourth-order valence-electron chi connectivity index (χ4n) is 1.28. The molecule has 0 bridgehead atoms. The van der Waals surface area contributed by atoms with E-state index >= 15 is 0 Å². The lowest BCUT2D eigenvalue weighted by Crippen LogP contribution is -2.31. The number of rotatable bonds is 2. The molecule has 0 spiro atoms. The molecule has 1 atom stereocenters. The summed E-state index contributed by atoms with van der Waals surface area (Å²) >= 11 is 0. The molecule has 3 N–H and O–H groups in total. The first-order chi connectivity index (χ1) is 4.79. The first-order valence-corrected chi connectivity index (χ1v) is 5.00. The highest BCUT2D eigenvalue weighted by Crippen LogP contribution is 2.11. The summed E-state index contributed by atoms with van der Waals surface area (Å²) in [5.41, 5.74) is 0. The van der Waals surface area contributed by atoms with Gasteiger partial charge >= 0.3 is 0 Å². The van der Waals surface area contributed by atoms with Gasteiger partial charge in [0.15, 0.2) is 0 Å². The van der Waals surface area contributed by atoms with Crippen LogP contribution >= 0.6 is 0 Å². The van der Waals surface area contributed by atoms with E-state index in [1.165, 1.54) is 0 Å². The lowest BCUT2D eigenvalue weighted by molar-refractivity contribution is 0.405. The molecule has 3 nitrogen and oxygen atoms in total. The van der Waals surface area contributed by atoms with E-state index in [2.05, 4.69) is 5.32 Å². The molecular weight excluding hydrogens is 148 g/mol. The summed E-state index contributed by atoms with van der Waals surface area (Å²) in [6.07, 6.45) is 2.26. The minimum Gasteiger partial charge on any atom is -0.317 e. The standard InChI is InChI=1S/C6H14N2OS/c7-10(9)5-6-1-3-8-4-2-6/h6,8H,1-5,7H2/t10-/m1/s1. The van der Waals surface area contributed by atoms with Crippen molar-refractivity contribution >= 4 is 11.0 Å². The third kappa shape index (κ3) is 2.77. The summed E-state index contributed by atoms with van der Waals surface area (Å²) in [5.74, 6) is 1.27. The minimum absolute atomic E-state index is 0.590. The van der Waals surface area contributed by atoms with Crippen LogP contribution in [0.15, 0.2) is 0 Å². The van der Waals surface area contributed by atoms with Gasteiger partial charge in [0, 0.05) is 5.75 Å². The van der Waals surface area contributed by atoms with E-state index in [0.29, 0.717) is 11.7 Å². The summed E-state index contributed by atoms with van der Waals surface area (Å²) in [4.78, 5) is 0. The van der Waals surface area contributed by atoms with Gasteiger partial charge in [-0.25, -0.2) is 4.21 Å². The van der Waals surface area contributed by atoms with Crippen molar-refractivity contribution in [2.75, 3.05) is 18.8 Å². The zero-order chi connectivity index (χ0) is 7.40. The molecule has 1 fully saturated rings. The molecule has 1 aliphatic rings. The Balaban J connectivity index is 2.19. The highest BCUT2D eigenvalue weighted by Gasteiger charge is 2.13. The molecule has 60 valence electrons. The highest BCUT2D eigenvalue weighted by atomic mass is 32.2. The third-order valence-corrected chi connectivity index (χ3v) is 2.66. The molecule has 1 rings (SSSR count). The van der Waals surface area contributed by atoms with Crippen LogP contribution in [0, 0.1) is 5.92 Å². The van der Waals surface area contributed by atoms with Crippen LogP contribution in [-0.4, -0.2) is 23.1 Å². The molecule has 10 heavy (non-hydrogen) atoms. The van der Waals surface area contributed by atoms with Crippen molar-refractivity contribution in [2.24, 2.45) is 11.1 Å². The van der Waals surface area contributed by atoms with E-state index in [4.69, 9.17) is 5.14 Å². The first kappa shape index (κ1) is 8.17. The average molecular weight is 162 g/mol. The van der Waals surface area contributed by atoms with E-state index in [1.54, 1.807) is 0 Å². The van der Waals surface area contributed by atoms with Gasteiger partial charge < -0.3 is 5.32 Å². The van der Waals surface area contributed by atoms with Crippen molar-refractivity contribution in [2.45, 2.75) is 12.8 Å². The predicted octanol–water partition coefficient (Wildman–Crippen LogP) is -0.392. The van der Waals surface area contributed by atoms with Crippen molar-refractivity contribution < 1.29 is 4.21 Å². The van der Waals surface area contributed by atoms with Crippen LogP contribution in [0.4, 0.5) is 0 Å². The summed E-state index contributed by atoms with van der Waals surface area (Å²) in [6, 6.07) is 0. The van der Waals surface area contributed by atoms with Crippen LogP contribution in [0.1, 0.15) is 12.8 Å². The minimum atomic E-state index is -1.09. The molecular formula is C6H14N2OS. The Hall–Kier alpha value is 0.0700. The molecule has 1 heterocycles. The number of nitrogens with one attached hydrogen (secondary N) is 1. The van der Waals surface area contributed by atoms with Crippen molar-refractivity contribution in [3.63, 3.8) is 0 Å². The van der Waals surface area contributed by atoms with Crippen molar-refractivity contribution in [3.8, 4) is 0 Å². The van der Waals surface area contributed by atoms with Gasteiger partial charge in [0.2, 0.25) is 0 Å². The molecule has 0 unspecified atom stereocenters. The Morgan fingerprint density at radius 2 is 2.10 bits per heavy atom. The normalized spacial score (nSPS) is 24.5. The number of piperidine rings is 1. The van der Waals surface area contributed by atoms with Gasteiger partial charge in [0.05, 0.1) is 11.0 Å². The smallest absolute Gasteiger partial charge is 0.0890 e. The fraction of sp³-hybridized carbons (Fsp3) is 1.00. The Bertz CT molecular complexity index is 123. The van der Waals surface area contributed by atoms with Gasteiger partial charge in [-0.05, 0) is 31.8 Å². The third-order valence-electron chi connectivity index (χ3n) is 1.86. The Kier molecular flexibility index (Phi) is 3.31. The van der Waals surface area contributed by atoms with E-state index in [9.17, 15) is 4.21 Å². The lowest BCUT2D eigenvalue weighted by atomic mass is 10.0. The second kappa shape index (κ2) is 4.05. The maximum Gasteiger partial charge on any atom is 0.0890 e. The van der Waals surface area contributed by atoms with Crippen LogP contribution in [-0.2, 0) is 11.0 Å². The van der Waals surface area contributed by atoms with Crippen molar-refractivity contribution in [1.82, 2.24) is 5.32 Å². The second-order valence-electron chi connectivity index (χ2n) is 2.74. The van der Waals surface area contributed by atoms with Crippen LogP contribution < -0.4 is 10.5 Å². The number of nitrogens with two attached hydrogens (primary N) is 1. The Morgan fingerprint density at radius 1 is 1.50 bits per heavy atom. The molecule has 0 aromatic carbocycles. The number of hydrogen-bond acceptors (Lipinski definition) is 2. The monoisotopic (exact) mass is 162 g/mol. The topological polar surface area (TPSA) is 55.1 Å². The summed E-state index contributed by atoms with van der Waals surface area (Å²) in [7, 11) is -1.09. The van der Waals surface area contributed by atoms with Crippen molar-refractivity contribution in [3.05, 3.63) is 0 Å². The Morgan fingerprint density at radius 3 is 2.60 bits per heavy atom. The van der Waals surface area contributed by atoms with Gasteiger partial charge in [-0.1, -0.05) is 0 Å². The van der Waals surface area contributed by atoms with E-state index in [-0.39, 0.29) is 0 Å². The molecule has 0 aromatic rings. The molecule has 1 saturated heterocycles. The fourth-order valence-corrected chi connectivity index (χ4v) is 2.08. The van der Waals surface area contributed by atoms with E-state index < -0.39 is 11.0 Å². The largest absolute Gasteiger partial charge is 0.317 e. The molecule has 0 amide bonds. The molecule has 0 saturated carbocycles. The van der Waals surface area contributed by atoms with Gasteiger partial charge in [-0.15, -0.1) is 0 Å². The van der Waals surface area contributed by atoms with Crippen LogP contribution in [0.3, 0.4) is 0 Å². The van der Waals surface area contributed by atoms with Crippen LogP contribution in [0.25, 0.3) is 0 Å². The molecule has 0 aromatic heterocycles. The average Bonchev–Trinajstić information content (AvgIpc) is 1.88. The number of hydrogen-bond donors (Lipinski definition) is 2. The summed E-state index contributed by atoms with van der Waals surface area (Å²) < 4.78 is 10.6. The Labute approximate surface area is 64.0 Å². The molecule has 1 aliphatic heterocycles. The highest BCUT2D eigenvalue weighted by molar-refractivity contribution is 7.82. The van der Waals surface area contributed by atoms with Crippen LogP contribution in [0.2, 0.25) is 0 Å². The molecule has 0 radical (unpaired) electrons. The lowest BCUT2D eigenvalue weighted by Gasteiger charge is -2.20. The van der Waals surface area contributed by atoms with Gasteiger partial charge in [0.25, 0.3) is 0 Å². The maximum absolute atomic E-state index is 10.6. The summed E-state index contributed by atoms with van der Waals surface area (Å²) in [6.45, 7) is 2.11. The van der Waals surface area contributed by atoms with Crippen LogP contribution in [0.5, 0.6) is 0 Å². The summed E-state index contributed by atoms with van der Waals surface area (Å²) in [5, 5.41) is 8.42. The zero-order valence-electron chi connectivity index (χ0n) is 6.01.